The molecule has 3 aromatic heterocycles. The van der Waals surface area contributed by atoms with Crippen LogP contribution in [0.1, 0.15) is 59.9 Å². The van der Waals surface area contributed by atoms with Gasteiger partial charge < -0.3 is 15.0 Å². The fourth-order valence-corrected chi connectivity index (χ4v) is 5.15. The largest absolute Gasteiger partial charge is 0.379 e. The van der Waals surface area contributed by atoms with Gasteiger partial charge in [0.15, 0.2) is 0 Å². The lowest BCUT2D eigenvalue weighted by atomic mass is 10.1. The van der Waals surface area contributed by atoms with Gasteiger partial charge in [0.05, 0.1) is 18.3 Å². The number of nitriles is 1. The van der Waals surface area contributed by atoms with E-state index in [4.69, 9.17) is 21.8 Å². The molecule has 2 fully saturated rings. The molecule has 2 aliphatic carbocycles. The molecule has 0 radical (unpaired) electrons. The van der Waals surface area contributed by atoms with Crippen molar-refractivity contribution in [3.8, 4) is 6.07 Å². The highest BCUT2D eigenvalue weighted by Crippen LogP contribution is 2.48. The highest BCUT2D eigenvalue weighted by atomic mass is 35.5. The van der Waals surface area contributed by atoms with Crippen LogP contribution >= 0.6 is 11.6 Å². The van der Waals surface area contributed by atoms with E-state index >= 15 is 0 Å². The van der Waals surface area contributed by atoms with Gasteiger partial charge in [0.1, 0.15) is 11.5 Å². The minimum atomic E-state index is -0.0642. The average Bonchev–Trinajstić information content (AvgIpc) is 3.82. The van der Waals surface area contributed by atoms with Crippen LogP contribution in [0.3, 0.4) is 0 Å². The summed E-state index contributed by atoms with van der Waals surface area (Å²) < 4.78 is 2.10. The third-order valence-electron chi connectivity index (χ3n) is 7.14. The number of halogens is 1. The lowest BCUT2D eigenvalue weighted by molar-refractivity contribution is -0.117. The summed E-state index contributed by atoms with van der Waals surface area (Å²) in [6.07, 6.45) is 10.4. The number of imidazole rings is 1. The molecule has 0 bridgehead atoms. The maximum Gasteiger partial charge on any atom is 0.229 e. The Morgan fingerprint density at radius 3 is 2.86 bits per heavy atom. The molecule has 2 saturated carbocycles. The normalized spacial score (nSPS) is 18.4. The Kier molecular flexibility index (Phi) is 6.27. The molecule has 0 spiro atoms. The Bertz CT molecular complexity index is 1520. The lowest BCUT2D eigenvalue weighted by Crippen LogP contribution is -2.15. The first-order chi connectivity index (χ1) is 18.1. The van der Waals surface area contributed by atoms with Gasteiger partial charge in [-0.3, -0.25) is 4.79 Å². The molecule has 37 heavy (non-hydrogen) atoms. The molecule has 2 N–H and O–H groups in total. The number of hydrogen-bond acceptors (Lipinski definition) is 5. The van der Waals surface area contributed by atoms with Crippen molar-refractivity contribution >= 4 is 34.7 Å². The number of nitrogens with zero attached hydrogens (tertiary/aromatic N) is 4. The molecule has 0 aliphatic heterocycles. The van der Waals surface area contributed by atoms with Crippen molar-refractivity contribution in [1.29, 1.82) is 5.26 Å². The van der Waals surface area contributed by atoms with Gasteiger partial charge in [0, 0.05) is 47.7 Å². The number of carbonyl (C=O) groups excluding carboxylic acids is 1. The van der Waals surface area contributed by atoms with Crippen molar-refractivity contribution in [2.45, 2.75) is 50.5 Å². The Morgan fingerprint density at radius 1 is 1.16 bits per heavy atom. The number of amides is 1. The predicted octanol–water partition coefficient (Wildman–Crippen LogP) is 6.07. The van der Waals surface area contributed by atoms with E-state index in [1.54, 1.807) is 6.20 Å². The number of benzene rings is 1. The first-order valence-corrected chi connectivity index (χ1v) is 13.1. The monoisotopic (exact) mass is 510 g/mol. The average molecular weight is 511 g/mol. The van der Waals surface area contributed by atoms with Crippen molar-refractivity contribution in [3.63, 3.8) is 0 Å². The zero-order chi connectivity index (χ0) is 25.4. The van der Waals surface area contributed by atoms with Gasteiger partial charge in [-0.15, -0.1) is 0 Å². The summed E-state index contributed by atoms with van der Waals surface area (Å²) in [7, 11) is 0. The summed E-state index contributed by atoms with van der Waals surface area (Å²) in [6, 6.07) is 15.9. The molecule has 2 aliphatic rings. The number of pyridine rings is 2. The van der Waals surface area contributed by atoms with Gasteiger partial charge in [0.25, 0.3) is 0 Å². The van der Waals surface area contributed by atoms with Crippen LogP contribution in [-0.2, 0) is 17.8 Å². The number of aromatic nitrogens is 3. The van der Waals surface area contributed by atoms with E-state index < -0.39 is 0 Å². The van der Waals surface area contributed by atoms with Gasteiger partial charge in [0.2, 0.25) is 5.91 Å². The highest BCUT2D eigenvalue weighted by Gasteiger charge is 2.44. The van der Waals surface area contributed by atoms with Crippen LogP contribution < -0.4 is 10.6 Å². The standard InChI is InChI=1S/C29H27ClN6O/c30-22-5-1-3-19(12-22)25-14-26(25)29(37)35-27-13-23(8-10-32-27)33-15-24-17-36-16-21(18-6-7-18)11-20(4-2-9-31)28(36)34-24/h1,3,5,8,10-13,16-18,25-26H,2,4,6-7,14-15H2,(H2,32,33,35,37)/t25-,26+/m1/s1. The van der Waals surface area contributed by atoms with Crippen molar-refractivity contribution < 1.29 is 4.79 Å². The smallest absolute Gasteiger partial charge is 0.229 e. The SMILES string of the molecule is N#CCCc1cc(C2CC2)cn2cc(CNc3ccnc(NC(=O)[C@H]4C[C@@H]4c4cccc(Cl)c4)c3)nc12. The molecule has 0 unspecified atom stereocenters. The molecule has 2 atom stereocenters. The van der Waals surface area contributed by atoms with Gasteiger partial charge in [-0.25, -0.2) is 9.97 Å². The van der Waals surface area contributed by atoms with Crippen LogP contribution in [0.5, 0.6) is 0 Å². The van der Waals surface area contributed by atoms with Gasteiger partial charge in [-0.05, 0) is 72.4 Å². The zero-order valence-electron chi connectivity index (χ0n) is 20.3. The fraction of sp³-hybridized carbons (Fsp3) is 0.310. The Morgan fingerprint density at radius 2 is 2.05 bits per heavy atom. The van der Waals surface area contributed by atoms with Crippen molar-refractivity contribution in [3.05, 3.63) is 88.5 Å². The first-order valence-electron chi connectivity index (χ1n) is 12.7. The van der Waals surface area contributed by atoms with Crippen LogP contribution in [-0.4, -0.2) is 20.3 Å². The van der Waals surface area contributed by atoms with Crippen molar-refractivity contribution in [2.24, 2.45) is 5.92 Å². The Hall–Kier alpha value is -3.89. The molecule has 186 valence electrons. The molecular formula is C29H27ClN6O. The van der Waals surface area contributed by atoms with Crippen molar-refractivity contribution in [1.82, 2.24) is 14.4 Å². The lowest BCUT2D eigenvalue weighted by Gasteiger charge is -2.08. The third kappa shape index (κ3) is 5.30. The second-order valence-corrected chi connectivity index (χ2v) is 10.4. The second kappa shape index (κ2) is 9.87. The molecular weight excluding hydrogens is 484 g/mol. The number of fused-ring (bicyclic) bond motifs is 1. The highest BCUT2D eigenvalue weighted by molar-refractivity contribution is 6.30. The number of rotatable bonds is 9. The molecule has 1 amide bonds. The first kappa shape index (κ1) is 23.5. The number of nitrogens with one attached hydrogen (secondary N) is 2. The summed E-state index contributed by atoms with van der Waals surface area (Å²) in [5, 5.41) is 16.1. The summed E-state index contributed by atoms with van der Waals surface area (Å²) in [6.45, 7) is 0.537. The summed E-state index contributed by atoms with van der Waals surface area (Å²) in [5.41, 5.74) is 6.24. The third-order valence-corrected chi connectivity index (χ3v) is 7.38. The van der Waals surface area contributed by atoms with Crippen LogP contribution in [0.15, 0.2) is 61.1 Å². The minimum Gasteiger partial charge on any atom is -0.379 e. The van der Waals surface area contributed by atoms with Crippen LogP contribution in [0, 0.1) is 17.2 Å². The topological polar surface area (TPSA) is 95.1 Å². The number of carbonyl (C=O) groups is 1. The van der Waals surface area contributed by atoms with Gasteiger partial charge >= 0.3 is 0 Å². The van der Waals surface area contributed by atoms with E-state index in [-0.39, 0.29) is 17.7 Å². The number of anilines is 2. The fourth-order valence-electron chi connectivity index (χ4n) is 4.95. The number of aryl methyl sites for hydroxylation is 1. The summed E-state index contributed by atoms with van der Waals surface area (Å²) in [5.74, 6) is 1.27. The van der Waals surface area contributed by atoms with E-state index in [0.29, 0.717) is 36.1 Å². The van der Waals surface area contributed by atoms with Crippen LogP contribution in [0.25, 0.3) is 5.65 Å². The summed E-state index contributed by atoms with van der Waals surface area (Å²) in [4.78, 5) is 22.0. The van der Waals surface area contributed by atoms with E-state index in [1.807, 2.05) is 36.4 Å². The molecule has 1 aromatic carbocycles. The second-order valence-electron chi connectivity index (χ2n) is 9.97. The van der Waals surface area contributed by atoms with E-state index in [9.17, 15) is 4.79 Å². The molecule has 3 heterocycles. The van der Waals surface area contributed by atoms with E-state index in [0.717, 1.165) is 34.6 Å². The maximum absolute atomic E-state index is 12.8. The van der Waals surface area contributed by atoms with E-state index in [2.05, 4.69) is 44.5 Å². The van der Waals surface area contributed by atoms with E-state index in [1.165, 1.54) is 18.4 Å². The molecule has 7 nitrogen and oxygen atoms in total. The van der Waals surface area contributed by atoms with Crippen LogP contribution in [0.4, 0.5) is 11.5 Å². The predicted molar refractivity (Wildman–Crippen MR) is 144 cm³/mol. The van der Waals surface area contributed by atoms with Crippen molar-refractivity contribution in [2.75, 3.05) is 10.6 Å². The molecule has 4 aromatic rings. The Labute approximate surface area is 220 Å². The van der Waals surface area contributed by atoms with Crippen LogP contribution in [0.2, 0.25) is 5.02 Å². The maximum atomic E-state index is 12.8. The minimum absolute atomic E-state index is 0.0219. The van der Waals surface area contributed by atoms with Gasteiger partial charge in [-0.1, -0.05) is 29.8 Å². The Balaban J connectivity index is 1.11. The molecule has 6 rings (SSSR count). The summed E-state index contributed by atoms with van der Waals surface area (Å²) >= 11 is 6.10. The van der Waals surface area contributed by atoms with Gasteiger partial charge in [-0.2, -0.15) is 5.26 Å². The molecule has 8 heteroatoms. The number of hydrogen-bond donors (Lipinski definition) is 2. The molecule has 0 saturated heterocycles. The zero-order valence-corrected chi connectivity index (χ0v) is 21.1. The quantitative estimate of drug-likeness (QED) is 0.285.